The predicted molar refractivity (Wildman–Crippen MR) is 99.6 cm³/mol. The second kappa shape index (κ2) is 7.59. The summed E-state index contributed by atoms with van der Waals surface area (Å²) in [6.45, 7) is 8.69. The van der Waals surface area contributed by atoms with Crippen molar-refractivity contribution < 1.29 is 9.59 Å². The van der Waals surface area contributed by atoms with Crippen molar-refractivity contribution in [2.24, 2.45) is 0 Å². The van der Waals surface area contributed by atoms with Crippen LogP contribution >= 0.6 is 0 Å². The number of amides is 3. The first-order chi connectivity index (χ1) is 12.5. The predicted octanol–water partition coefficient (Wildman–Crippen LogP) is 1.98. The number of benzene rings is 1. The zero-order valence-corrected chi connectivity index (χ0v) is 15.5. The molecular weight excluding hydrogens is 330 g/mol. The van der Waals surface area contributed by atoms with Crippen LogP contribution in [0.4, 0.5) is 4.79 Å². The number of aryl methyl sites for hydroxylation is 2. The number of hydrogen-bond acceptors (Lipinski definition) is 3. The Morgan fingerprint density at radius 2 is 1.65 bits per heavy atom. The Morgan fingerprint density at radius 1 is 1.04 bits per heavy atom. The van der Waals surface area contributed by atoms with Gasteiger partial charge in [0.1, 0.15) is 0 Å². The van der Waals surface area contributed by atoms with Gasteiger partial charge in [-0.1, -0.05) is 0 Å². The van der Waals surface area contributed by atoms with Gasteiger partial charge in [-0.15, -0.1) is 0 Å². The summed E-state index contributed by atoms with van der Waals surface area (Å²) in [4.78, 5) is 28.1. The number of nitrogens with zero attached hydrogens (tertiary/aromatic N) is 4. The number of rotatable bonds is 3. The normalized spacial score (nSPS) is 14.4. The van der Waals surface area contributed by atoms with Gasteiger partial charge in [-0.25, -0.2) is 9.48 Å². The van der Waals surface area contributed by atoms with Crippen LogP contribution in [0.15, 0.2) is 30.3 Å². The summed E-state index contributed by atoms with van der Waals surface area (Å²) in [6, 6.07) is 9.46. The number of carbonyl (C=O) groups excluding carboxylic acids is 2. The molecule has 1 saturated heterocycles. The first-order valence-corrected chi connectivity index (χ1v) is 8.95. The minimum absolute atomic E-state index is 0.000433. The molecule has 138 valence electrons. The van der Waals surface area contributed by atoms with Crippen molar-refractivity contribution in [3.05, 3.63) is 47.3 Å². The standard InChI is InChI=1S/C19H25N5O2/c1-4-20-19(26)23-11-9-22(10-12-23)18(25)16-5-7-17(8-6-16)24-15(3)13-14(2)21-24/h5-8,13H,4,9-12H2,1-3H3,(H,20,26). The average Bonchev–Trinajstić information content (AvgIpc) is 3.00. The van der Waals surface area contributed by atoms with Crippen molar-refractivity contribution in [1.82, 2.24) is 24.9 Å². The molecule has 2 heterocycles. The van der Waals surface area contributed by atoms with Crippen LogP contribution in [0.1, 0.15) is 28.7 Å². The molecule has 0 saturated carbocycles. The number of carbonyl (C=O) groups is 2. The van der Waals surface area contributed by atoms with Crippen LogP contribution in [0, 0.1) is 13.8 Å². The smallest absolute Gasteiger partial charge is 0.317 e. The Morgan fingerprint density at radius 3 is 2.19 bits per heavy atom. The fourth-order valence-electron chi connectivity index (χ4n) is 3.19. The van der Waals surface area contributed by atoms with Gasteiger partial charge in [0.15, 0.2) is 0 Å². The van der Waals surface area contributed by atoms with Gasteiger partial charge in [-0.3, -0.25) is 4.79 Å². The molecule has 0 bridgehead atoms. The monoisotopic (exact) mass is 355 g/mol. The van der Waals surface area contributed by atoms with E-state index >= 15 is 0 Å². The highest BCUT2D eigenvalue weighted by Gasteiger charge is 2.24. The highest BCUT2D eigenvalue weighted by Crippen LogP contribution is 2.15. The maximum atomic E-state index is 12.7. The van der Waals surface area contributed by atoms with E-state index in [9.17, 15) is 9.59 Å². The van der Waals surface area contributed by atoms with Gasteiger partial charge in [0, 0.05) is 44.0 Å². The van der Waals surface area contributed by atoms with Crippen LogP contribution in [0.25, 0.3) is 5.69 Å². The van der Waals surface area contributed by atoms with Gasteiger partial charge in [-0.05, 0) is 51.1 Å². The number of piperazine rings is 1. The van der Waals surface area contributed by atoms with Crippen LogP contribution < -0.4 is 5.32 Å². The van der Waals surface area contributed by atoms with Gasteiger partial charge >= 0.3 is 6.03 Å². The Balaban J connectivity index is 1.64. The van der Waals surface area contributed by atoms with E-state index in [0.717, 1.165) is 17.1 Å². The van der Waals surface area contributed by atoms with E-state index in [1.54, 1.807) is 9.80 Å². The molecule has 3 rings (SSSR count). The third-order valence-electron chi connectivity index (χ3n) is 4.55. The molecule has 7 heteroatoms. The average molecular weight is 355 g/mol. The highest BCUT2D eigenvalue weighted by molar-refractivity contribution is 5.94. The van der Waals surface area contributed by atoms with E-state index in [0.29, 0.717) is 38.3 Å². The van der Waals surface area contributed by atoms with E-state index in [1.165, 1.54) is 0 Å². The summed E-state index contributed by atoms with van der Waals surface area (Å²) >= 11 is 0. The van der Waals surface area contributed by atoms with Crippen LogP contribution in [-0.2, 0) is 0 Å². The lowest BCUT2D eigenvalue weighted by atomic mass is 10.1. The van der Waals surface area contributed by atoms with Crippen LogP contribution in [-0.4, -0.2) is 64.2 Å². The van der Waals surface area contributed by atoms with Crippen LogP contribution in [0.3, 0.4) is 0 Å². The van der Waals surface area contributed by atoms with Crippen molar-refractivity contribution in [2.45, 2.75) is 20.8 Å². The zero-order valence-electron chi connectivity index (χ0n) is 15.5. The summed E-state index contributed by atoms with van der Waals surface area (Å²) in [5, 5.41) is 7.26. The number of nitrogens with one attached hydrogen (secondary N) is 1. The molecule has 0 aliphatic carbocycles. The second-order valence-corrected chi connectivity index (χ2v) is 6.50. The molecule has 7 nitrogen and oxygen atoms in total. The zero-order chi connectivity index (χ0) is 18.7. The van der Waals surface area contributed by atoms with E-state index in [-0.39, 0.29) is 11.9 Å². The molecule has 1 N–H and O–H groups in total. The van der Waals surface area contributed by atoms with Gasteiger partial charge < -0.3 is 15.1 Å². The Hall–Kier alpha value is -2.83. The molecule has 2 aromatic rings. The molecule has 1 aromatic heterocycles. The molecule has 26 heavy (non-hydrogen) atoms. The lowest BCUT2D eigenvalue weighted by Crippen LogP contribution is -2.53. The van der Waals surface area contributed by atoms with E-state index in [4.69, 9.17) is 0 Å². The molecule has 3 amide bonds. The molecule has 0 unspecified atom stereocenters. The fourth-order valence-corrected chi connectivity index (χ4v) is 3.19. The topological polar surface area (TPSA) is 70.5 Å². The maximum Gasteiger partial charge on any atom is 0.317 e. The Labute approximate surface area is 153 Å². The quantitative estimate of drug-likeness (QED) is 0.915. The molecule has 0 spiro atoms. The fraction of sp³-hybridized carbons (Fsp3) is 0.421. The molecule has 1 aliphatic rings. The van der Waals surface area contributed by atoms with Crippen molar-refractivity contribution in [3.63, 3.8) is 0 Å². The second-order valence-electron chi connectivity index (χ2n) is 6.50. The Kier molecular flexibility index (Phi) is 5.25. The maximum absolute atomic E-state index is 12.7. The van der Waals surface area contributed by atoms with Crippen LogP contribution in [0.2, 0.25) is 0 Å². The molecule has 0 atom stereocenters. The minimum Gasteiger partial charge on any atom is -0.338 e. The summed E-state index contributed by atoms with van der Waals surface area (Å²) in [7, 11) is 0. The lowest BCUT2D eigenvalue weighted by Gasteiger charge is -2.34. The first-order valence-electron chi connectivity index (χ1n) is 8.95. The number of hydrogen-bond donors (Lipinski definition) is 1. The van der Waals surface area contributed by atoms with Gasteiger partial charge in [-0.2, -0.15) is 5.10 Å². The van der Waals surface area contributed by atoms with Gasteiger partial charge in [0.25, 0.3) is 5.91 Å². The highest BCUT2D eigenvalue weighted by atomic mass is 16.2. The summed E-state index contributed by atoms with van der Waals surface area (Å²) in [5.74, 6) is 0.000433. The molecule has 1 aromatic carbocycles. The molecule has 1 fully saturated rings. The molecule has 0 radical (unpaired) electrons. The first kappa shape index (κ1) is 18.0. The van der Waals surface area contributed by atoms with Crippen molar-refractivity contribution in [3.8, 4) is 5.69 Å². The van der Waals surface area contributed by atoms with E-state index < -0.39 is 0 Å². The third kappa shape index (κ3) is 3.71. The summed E-state index contributed by atoms with van der Waals surface area (Å²) in [5.41, 5.74) is 3.62. The number of aromatic nitrogens is 2. The lowest BCUT2D eigenvalue weighted by molar-refractivity contribution is 0.0665. The largest absolute Gasteiger partial charge is 0.338 e. The Bertz CT molecular complexity index is 789. The van der Waals surface area contributed by atoms with Crippen LogP contribution in [0.5, 0.6) is 0 Å². The SMILES string of the molecule is CCNC(=O)N1CCN(C(=O)c2ccc(-n3nc(C)cc3C)cc2)CC1. The van der Waals surface area contributed by atoms with Gasteiger partial charge in [0.2, 0.25) is 0 Å². The molecular formula is C19H25N5O2. The third-order valence-corrected chi connectivity index (χ3v) is 4.55. The minimum atomic E-state index is -0.0613. The van der Waals surface area contributed by atoms with Crippen molar-refractivity contribution >= 4 is 11.9 Å². The summed E-state index contributed by atoms with van der Waals surface area (Å²) in [6.07, 6.45) is 0. The van der Waals surface area contributed by atoms with E-state index in [1.807, 2.05) is 55.8 Å². The van der Waals surface area contributed by atoms with Gasteiger partial charge in [0.05, 0.1) is 11.4 Å². The number of urea groups is 1. The molecule has 1 aliphatic heterocycles. The van der Waals surface area contributed by atoms with Crippen molar-refractivity contribution in [2.75, 3.05) is 32.7 Å². The van der Waals surface area contributed by atoms with E-state index in [2.05, 4.69) is 10.4 Å². The summed E-state index contributed by atoms with van der Waals surface area (Å²) < 4.78 is 1.87. The van der Waals surface area contributed by atoms with Crippen molar-refractivity contribution in [1.29, 1.82) is 0 Å².